The molecule has 2 rings (SSSR count). The summed E-state index contributed by atoms with van der Waals surface area (Å²) in [6, 6.07) is 3.26. The summed E-state index contributed by atoms with van der Waals surface area (Å²) in [5.41, 5.74) is 2.84. The molecule has 144 valence electrons. The summed E-state index contributed by atoms with van der Waals surface area (Å²) in [6.07, 6.45) is 0.267. The van der Waals surface area contributed by atoms with Crippen LogP contribution in [0.1, 0.15) is 35.7 Å². The van der Waals surface area contributed by atoms with E-state index < -0.39 is 10.0 Å². The molecule has 26 heavy (non-hydrogen) atoms. The van der Waals surface area contributed by atoms with Crippen LogP contribution in [0, 0.1) is 19.8 Å². The van der Waals surface area contributed by atoms with Gasteiger partial charge in [0, 0.05) is 22.7 Å². The summed E-state index contributed by atoms with van der Waals surface area (Å²) >= 11 is 1.15. The molecule has 0 aliphatic rings. The standard InChI is InChI=1S/C17H26N4O3S2/c1-11(2)10-21-13(4)15(12(3)20-21)8-16(22)19-9-14-6-7-17(25-14)26(23,24)18-5/h6-7,11,18H,8-10H2,1-5H3,(H,19,22). The lowest BCUT2D eigenvalue weighted by molar-refractivity contribution is -0.120. The molecule has 0 unspecified atom stereocenters. The summed E-state index contributed by atoms with van der Waals surface area (Å²) in [4.78, 5) is 13.1. The Morgan fingerprint density at radius 3 is 2.62 bits per heavy atom. The zero-order valence-corrected chi connectivity index (χ0v) is 17.4. The Bertz CT molecular complexity index is 882. The molecule has 0 aliphatic carbocycles. The number of rotatable bonds is 8. The van der Waals surface area contributed by atoms with E-state index in [9.17, 15) is 13.2 Å². The van der Waals surface area contributed by atoms with Crippen LogP contribution in [0.5, 0.6) is 0 Å². The number of hydrogen-bond acceptors (Lipinski definition) is 5. The van der Waals surface area contributed by atoms with E-state index >= 15 is 0 Å². The number of hydrogen-bond donors (Lipinski definition) is 2. The monoisotopic (exact) mass is 398 g/mol. The number of amides is 1. The minimum Gasteiger partial charge on any atom is -0.351 e. The summed E-state index contributed by atoms with van der Waals surface area (Å²) in [5, 5.41) is 7.38. The van der Waals surface area contributed by atoms with Gasteiger partial charge in [0.2, 0.25) is 15.9 Å². The number of carbonyl (C=O) groups excluding carboxylic acids is 1. The van der Waals surface area contributed by atoms with Gasteiger partial charge in [-0.15, -0.1) is 11.3 Å². The summed E-state index contributed by atoms with van der Waals surface area (Å²) in [7, 11) is -2.06. The first-order chi connectivity index (χ1) is 12.1. The van der Waals surface area contributed by atoms with Crippen molar-refractivity contribution in [1.29, 1.82) is 0 Å². The van der Waals surface area contributed by atoms with Gasteiger partial charge in [-0.1, -0.05) is 13.8 Å². The van der Waals surface area contributed by atoms with E-state index in [2.05, 4.69) is 29.0 Å². The summed E-state index contributed by atoms with van der Waals surface area (Å²) in [6.45, 7) is 9.30. The number of nitrogens with zero attached hydrogens (tertiary/aromatic N) is 2. The SMILES string of the molecule is CNS(=O)(=O)c1ccc(CNC(=O)Cc2c(C)nn(CC(C)C)c2C)s1. The Balaban J connectivity index is 1.99. The molecule has 7 nitrogen and oxygen atoms in total. The zero-order chi connectivity index (χ0) is 19.5. The molecule has 0 bridgehead atoms. The lowest BCUT2D eigenvalue weighted by atomic mass is 10.1. The summed E-state index contributed by atoms with van der Waals surface area (Å²) in [5.74, 6) is 0.378. The molecular formula is C17H26N4O3S2. The van der Waals surface area contributed by atoms with Crippen LogP contribution in [0.2, 0.25) is 0 Å². The highest BCUT2D eigenvalue weighted by Gasteiger charge is 2.17. The number of nitrogens with one attached hydrogen (secondary N) is 2. The fraction of sp³-hybridized carbons (Fsp3) is 0.529. The van der Waals surface area contributed by atoms with Gasteiger partial charge >= 0.3 is 0 Å². The third kappa shape index (κ3) is 4.93. The van der Waals surface area contributed by atoms with Crippen LogP contribution < -0.4 is 10.0 Å². The Labute approximate surface area is 158 Å². The van der Waals surface area contributed by atoms with Crippen LogP contribution in [0.3, 0.4) is 0 Å². The highest BCUT2D eigenvalue weighted by atomic mass is 32.2. The molecule has 0 saturated carbocycles. The van der Waals surface area contributed by atoms with Crippen molar-refractivity contribution in [3.05, 3.63) is 34.0 Å². The number of aryl methyl sites for hydroxylation is 1. The van der Waals surface area contributed by atoms with E-state index in [1.807, 2.05) is 18.5 Å². The fourth-order valence-corrected chi connectivity index (χ4v) is 4.75. The van der Waals surface area contributed by atoms with Crippen molar-refractivity contribution < 1.29 is 13.2 Å². The fourth-order valence-electron chi connectivity index (χ4n) is 2.62. The molecule has 0 aliphatic heterocycles. The van der Waals surface area contributed by atoms with Crippen LogP contribution in [-0.4, -0.2) is 31.2 Å². The molecule has 1 amide bonds. The average molecular weight is 399 g/mol. The Morgan fingerprint density at radius 2 is 2.00 bits per heavy atom. The van der Waals surface area contributed by atoms with E-state index in [4.69, 9.17) is 0 Å². The highest BCUT2D eigenvalue weighted by molar-refractivity contribution is 7.91. The maximum atomic E-state index is 12.3. The third-order valence-corrected chi connectivity index (χ3v) is 7.03. The Kier molecular flexibility index (Phi) is 6.59. The van der Waals surface area contributed by atoms with Crippen molar-refractivity contribution >= 4 is 27.3 Å². The van der Waals surface area contributed by atoms with Crippen molar-refractivity contribution in [3.8, 4) is 0 Å². The Morgan fingerprint density at radius 1 is 1.31 bits per heavy atom. The second-order valence-electron chi connectivity index (χ2n) is 6.61. The van der Waals surface area contributed by atoms with Crippen LogP contribution in [0.4, 0.5) is 0 Å². The first-order valence-corrected chi connectivity index (χ1v) is 10.8. The van der Waals surface area contributed by atoms with Crippen molar-refractivity contribution in [1.82, 2.24) is 19.8 Å². The van der Waals surface area contributed by atoms with Crippen LogP contribution in [-0.2, 0) is 34.3 Å². The molecule has 2 N–H and O–H groups in total. The van der Waals surface area contributed by atoms with Crippen LogP contribution >= 0.6 is 11.3 Å². The van der Waals surface area contributed by atoms with E-state index in [-0.39, 0.29) is 16.5 Å². The second kappa shape index (κ2) is 8.32. The van der Waals surface area contributed by atoms with Crippen LogP contribution in [0.25, 0.3) is 0 Å². The maximum absolute atomic E-state index is 12.3. The molecule has 9 heteroatoms. The molecular weight excluding hydrogens is 372 g/mol. The predicted molar refractivity (Wildman–Crippen MR) is 103 cm³/mol. The topological polar surface area (TPSA) is 93.1 Å². The first kappa shape index (κ1) is 20.6. The van der Waals surface area contributed by atoms with Gasteiger partial charge in [-0.3, -0.25) is 9.48 Å². The Hall–Kier alpha value is -1.71. The highest BCUT2D eigenvalue weighted by Crippen LogP contribution is 2.21. The molecule has 0 atom stereocenters. The minimum absolute atomic E-state index is 0.105. The number of aromatic nitrogens is 2. The molecule has 2 aromatic heterocycles. The van der Waals surface area contributed by atoms with Gasteiger partial charge in [-0.05, 0) is 38.9 Å². The normalized spacial score (nSPS) is 11.9. The van der Waals surface area contributed by atoms with E-state index in [0.29, 0.717) is 12.5 Å². The largest absolute Gasteiger partial charge is 0.351 e. The van der Waals surface area contributed by atoms with Gasteiger partial charge < -0.3 is 5.32 Å². The molecule has 0 saturated heterocycles. The maximum Gasteiger partial charge on any atom is 0.249 e. The van der Waals surface area contributed by atoms with Crippen molar-refractivity contribution in [2.75, 3.05) is 7.05 Å². The van der Waals surface area contributed by atoms with Gasteiger partial charge in [-0.25, -0.2) is 13.1 Å². The number of carbonyl (C=O) groups is 1. The molecule has 0 fully saturated rings. The van der Waals surface area contributed by atoms with E-state index in [0.717, 1.165) is 39.7 Å². The first-order valence-electron chi connectivity index (χ1n) is 8.46. The predicted octanol–water partition coefficient (Wildman–Crippen LogP) is 1.98. The summed E-state index contributed by atoms with van der Waals surface area (Å²) < 4.78 is 28.0. The smallest absolute Gasteiger partial charge is 0.249 e. The molecule has 2 aromatic rings. The van der Waals surface area contributed by atoms with Crippen molar-refractivity contribution in [3.63, 3.8) is 0 Å². The number of sulfonamides is 1. The van der Waals surface area contributed by atoms with Crippen molar-refractivity contribution in [2.45, 2.75) is 51.4 Å². The molecule has 2 heterocycles. The third-order valence-electron chi connectivity index (χ3n) is 4.04. The van der Waals surface area contributed by atoms with Crippen molar-refractivity contribution in [2.24, 2.45) is 5.92 Å². The minimum atomic E-state index is -3.44. The zero-order valence-electron chi connectivity index (χ0n) is 15.8. The van der Waals surface area contributed by atoms with Gasteiger partial charge in [-0.2, -0.15) is 5.10 Å². The lowest BCUT2D eigenvalue weighted by Crippen LogP contribution is -2.24. The van der Waals surface area contributed by atoms with E-state index in [1.54, 1.807) is 12.1 Å². The van der Waals surface area contributed by atoms with Gasteiger partial charge in [0.05, 0.1) is 18.7 Å². The second-order valence-corrected chi connectivity index (χ2v) is 9.89. The molecule has 0 spiro atoms. The van der Waals surface area contributed by atoms with E-state index in [1.165, 1.54) is 7.05 Å². The number of thiophene rings is 1. The van der Waals surface area contributed by atoms with Gasteiger partial charge in [0.15, 0.2) is 0 Å². The van der Waals surface area contributed by atoms with Gasteiger partial charge in [0.1, 0.15) is 4.21 Å². The quantitative estimate of drug-likeness (QED) is 0.711. The molecule has 0 radical (unpaired) electrons. The van der Waals surface area contributed by atoms with Crippen LogP contribution in [0.15, 0.2) is 16.3 Å². The average Bonchev–Trinajstić information content (AvgIpc) is 3.14. The van der Waals surface area contributed by atoms with Gasteiger partial charge in [0.25, 0.3) is 0 Å². The molecule has 0 aromatic carbocycles. The lowest BCUT2D eigenvalue weighted by Gasteiger charge is -2.08.